The van der Waals surface area contributed by atoms with Crippen LogP contribution in [-0.2, 0) is 4.79 Å². The molecule has 1 fully saturated rings. The van der Waals surface area contributed by atoms with Crippen molar-refractivity contribution >= 4 is 5.91 Å². The Labute approximate surface area is 128 Å². The summed E-state index contributed by atoms with van der Waals surface area (Å²) >= 11 is 0. The van der Waals surface area contributed by atoms with E-state index in [0.29, 0.717) is 18.5 Å². The van der Waals surface area contributed by atoms with Gasteiger partial charge in [-0.25, -0.2) is 0 Å². The summed E-state index contributed by atoms with van der Waals surface area (Å²) in [5.74, 6) is 0.681. The van der Waals surface area contributed by atoms with Gasteiger partial charge in [-0.3, -0.25) is 9.69 Å². The van der Waals surface area contributed by atoms with Crippen molar-refractivity contribution in [2.24, 2.45) is 0 Å². The second kappa shape index (κ2) is 7.60. The molecule has 1 aliphatic rings. The number of benzene rings is 1. The molecule has 0 aromatic heterocycles. The molecule has 1 amide bonds. The predicted molar refractivity (Wildman–Crippen MR) is 87.3 cm³/mol. The quantitative estimate of drug-likeness (QED) is 0.872. The fourth-order valence-corrected chi connectivity index (χ4v) is 3.49. The molecule has 3 heteroatoms. The second-order valence-corrected chi connectivity index (χ2v) is 6.33. The standard InChI is InChI=1S/C18H28N2O/c1-4-16(15-9-6-5-7-10-15)17-11-8-12-20(17)13-18(21)19-14(2)3/h5-7,9-10,14,16-17H,4,8,11-13H2,1-3H3,(H,19,21)/t16-,17+/m1/s1. The van der Waals surface area contributed by atoms with Crippen LogP contribution in [0.4, 0.5) is 0 Å². The van der Waals surface area contributed by atoms with Crippen LogP contribution >= 0.6 is 0 Å². The van der Waals surface area contributed by atoms with Crippen molar-refractivity contribution in [3.8, 4) is 0 Å². The first-order chi connectivity index (χ1) is 10.1. The van der Waals surface area contributed by atoms with E-state index in [9.17, 15) is 4.79 Å². The Bertz CT molecular complexity index is 444. The van der Waals surface area contributed by atoms with Crippen LogP contribution in [0.2, 0.25) is 0 Å². The van der Waals surface area contributed by atoms with E-state index in [2.05, 4.69) is 47.5 Å². The molecule has 21 heavy (non-hydrogen) atoms. The topological polar surface area (TPSA) is 32.3 Å². The third-order valence-corrected chi connectivity index (χ3v) is 4.34. The lowest BCUT2D eigenvalue weighted by atomic mass is 9.87. The number of nitrogens with one attached hydrogen (secondary N) is 1. The zero-order valence-electron chi connectivity index (χ0n) is 13.5. The fourth-order valence-electron chi connectivity index (χ4n) is 3.49. The molecule has 0 unspecified atom stereocenters. The Morgan fingerprint density at radius 3 is 2.67 bits per heavy atom. The van der Waals surface area contributed by atoms with Gasteiger partial charge in [-0.05, 0) is 51.1 Å². The molecule has 1 N–H and O–H groups in total. The average molecular weight is 288 g/mol. The van der Waals surface area contributed by atoms with Crippen molar-refractivity contribution in [3.63, 3.8) is 0 Å². The van der Waals surface area contributed by atoms with Gasteiger partial charge in [-0.2, -0.15) is 0 Å². The number of amides is 1. The first-order valence-corrected chi connectivity index (χ1v) is 8.20. The number of carbonyl (C=O) groups excluding carboxylic acids is 1. The third-order valence-electron chi connectivity index (χ3n) is 4.34. The summed E-state index contributed by atoms with van der Waals surface area (Å²) in [6, 6.07) is 11.5. The molecule has 0 spiro atoms. The lowest BCUT2D eigenvalue weighted by molar-refractivity contribution is -0.123. The van der Waals surface area contributed by atoms with Gasteiger partial charge in [0.25, 0.3) is 0 Å². The van der Waals surface area contributed by atoms with E-state index in [4.69, 9.17) is 0 Å². The van der Waals surface area contributed by atoms with Gasteiger partial charge in [0, 0.05) is 12.1 Å². The summed E-state index contributed by atoms with van der Waals surface area (Å²) in [7, 11) is 0. The van der Waals surface area contributed by atoms with Crippen LogP contribution in [0.3, 0.4) is 0 Å². The highest BCUT2D eigenvalue weighted by Gasteiger charge is 2.32. The number of likely N-dealkylation sites (tertiary alicyclic amines) is 1. The minimum Gasteiger partial charge on any atom is -0.353 e. The molecule has 1 saturated heterocycles. The van der Waals surface area contributed by atoms with Crippen molar-refractivity contribution in [2.75, 3.05) is 13.1 Å². The molecule has 2 rings (SSSR count). The first kappa shape index (κ1) is 16.0. The van der Waals surface area contributed by atoms with Crippen LogP contribution < -0.4 is 5.32 Å². The number of carbonyl (C=O) groups is 1. The van der Waals surface area contributed by atoms with Crippen molar-refractivity contribution in [3.05, 3.63) is 35.9 Å². The monoisotopic (exact) mass is 288 g/mol. The SMILES string of the molecule is CC[C@H](c1ccccc1)[C@@H]1CCCN1CC(=O)NC(C)C. The van der Waals surface area contributed by atoms with E-state index in [1.165, 1.54) is 18.4 Å². The highest BCUT2D eigenvalue weighted by molar-refractivity contribution is 5.78. The molecule has 1 aromatic rings. The molecule has 2 atom stereocenters. The second-order valence-electron chi connectivity index (χ2n) is 6.33. The van der Waals surface area contributed by atoms with Crippen molar-refractivity contribution in [1.29, 1.82) is 0 Å². The van der Waals surface area contributed by atoms with E-state index in [1.807, 2.05) is 13.8 Å². The minimum atomic E-state index is 0.153. The minimum absolute atomic E-state index is 0.153. The van der Waals surface area contributed by atoms with Crippen LogP contribution in [0.15, 0.2) is 30.3 Å². The van der Waals surface area contributed by atoms with Gasteiger partial charge in [0.15, 0.2) is 0 Å². The molecule has 3 nitrogen and oxygen atoms in total. The van der Waals surface area contributed by atoms with Crippen molar-refractivity contribution < 1.29 is 4.79 Å². The van der Waals surface area contributed by atoms with E-state index < -0.39 is 0 Å². The maximum absolute atomic E-state index is 12.0. The third kappa shape index (κ3) is 4.31. The van der Waals surface area contributed by atoms with Gasteiger partial charge >= 0.3 is 0 Å². The molecule has 0 radical (unpaired) electrons. The largest absolute Gasteiger partial charge is 0.353 e. The van der Waals surface area contributed by atoms with Crippen molar-refractivity contribution in [1.82, 2.24) is 10.2 Å². The van der Waals surface area contributed by atoms with E-state index in [-0.39, 0.29) is 11.9 Å². The average Bonchev–Trinajstić information content (AvgIpc) is 2.88. The van der Waals surface area contributed by atoms with Gasteiger partial charge in [0.05, 0.1) is 6.54 Å². The number of nitrogens with zero attached hydrogens (tertiary/aromatic N) is 1. The molecular weight excluding hydrogens is 260 g/mol. The Kier molecular flexibility index (Phi) is 5.80. The van der Waals surface area contributed by atoms with E-state index >= 15 is 0 Å². The number of rotatable bonds is 6. The van der Waals surface area contributed by atoms with E-state index in [0.717, 1.165) is 13.0 Å². The lowest BCUT2D eigenvalue weighted by Crippen LogP contribution is -2.43. The molecule has 0 aliphatic carbocycles. The van der Waals surface area contributed by atoms with Gasteiger partial charge in [0.2, 0.25) is 5.91 Å². The summed E-state index contributed by atoms with van der Waals surface area (Å²) in [6.45, 7) is 7.85. The van der Waals surface area contributed by atoms with Crippen LogP contribution in [0.25, 0.3) is 0 Å². The highest BCUT2D eigenvalue weighted by atomic mass is 16.2. The van der Waals surface area contributed by atoms with Gasteiger partial charge < -0.3 is 5.32 Å². The Hall–Kier alpha value is -1.35. The van der Waals surface area contributed by atoms with Crippen LogP contribution in [0.5, 0.6) is 0 Å². The number of hydrogen-bond donors (Lipinski definition) is 1. The summed E-state index contributed by atoms with van der Waals surface area (Å²) in [5.41, 5.74) is 1.40. The molecule has 116 valence electrons. The molecule has 0 saturated carbocycles. The zero-order valence-corrected chi connectivity index (χ0v) is 13.5. The maximum atomic E-state index is 12.0. The van der Waals surface area contributed by atoms with Gasteiger partial charge in [-0.15, -0.1) is 0 Å². The molecule has 1 aromatic carbocycles. The molecule has 1 heterocycles. The van der Waals surface area contributed by atoms with Gasteiger partial charge in [-0.1, -0.05) is 37.3 Å². The molecular formula is C18H28N2O. The summed E-state index contributed by atoms with van der Waals surface area (Å²) in [5, 5.41) is 3.01. The summed E-state index contributed by atoms with van der Waals surface area (Å²) in [6.07, 6.45) is 3.52. The zero-order chi connectivity index (χ0) is 15.2. The fraction of sp³-hybridized carbons (Fsp3) is 0.611. The smallest absolute Gasteiger partial charge is 0.234 e. The molecule has 1 aliphatic heterocycles. The number of hydrogen-bond acceptors (Lipinski definition) is 2. The summed E-state index contributed by atoms with van der Waals surface area (Å²) in [4.78, 5) is 14.4. The Morgan fingerprint density at radius 1 is 1.33 bits per heavy atom. The van der Waals surface area contributed by atoms with Crippen LogP contribution in [0.1, 0.15) is 51.5 Å². The Balaban J connectivity index is 2.04. The predicted octanol–water partition coefficient (Wildman–Crippen LogP) is 3.17. The summed E-state index contributed by atoms with van der Waals surface area (Å²) < 4.78 is 0. The molecule has 0 bridgehead atoms. The van der Waals surface area contributed by atoms with Crippen LogP contribution in [-0.4, -0.2) is 36.0 Å². The highest BCUT2D eigenvalue weighted by Crippen LogP contribution is 2.33. The Morgan fingerprint density at radius 2 is 2.05 bits per heavy atom. The first-order valence-electron chi connectivity index (χ1n) is 8.20. The lowest BCUT2D eigenvalue weighted by Gasteiger charge is -2.31. The van der Waals surface area contributed by atoms with Crippen molar-refractivity contribution in [2.45, 2.75) is 58.0 Å². The maximum Gasteiger partial charge on any atom is 0.234 e. The van der Waals surface area contributed by atoms with E-state index in [1.54, 1.807) is 0 Å². The van der Waals surface area contributed by atoms with Crippen LogP contribution in [0, 0.1) is 0 Å². The van der Waals surface area contributed by atoms with Gasteiger partial charge in [0.1, 0.15) is 0 Å². The normalized spacial score (nSPS) is 20.7.